The molecule has 3 heterocycles. The molecule has 0 N–H and O–H groups in total. The van der Waals surface area contributed by atoms with Crippen molar-refractivity contribution in [1.29, 1.82) is 0 Å². The number of hydrogen-bond donors (Lipinski definition) is 0. The molecule has 7 heteroatoms. The van der Waals surface area contributed by atoms with Crippen molar-refractivity contribution in [2.24, 2.45) is 5.92 Å². The summed E-state index contributed by atoms with van der Waals surface area (Å²) in [5.41, 5.74) is 2.66. The van der Waals surface area contributed by atoms with E-state index in [9.17, 15) is 13.2 Å². The summed E-state index contributed by atoms with van der Waals surface area (Å²) in [6.45, 7) is 1.63. The Hall–Kier alpha value is -2.25. The molecule has 0 spiro atoms. The molecule has 6 nitrogen and oxygen atoms in total. The number of hydrogen-bond acceptors (Lipinski definition) is 4. The van der Waals surface area contributed by atoms with Crippen LogP contribution in [0.2, 0.25) is 0 Å². The quantitative estimate of drug-likeness (QED) is 0.839. The van der Waals surface area contributed by atoms with E-state index in [1.165, 1.54) is 10.6 Å². The maximum Gasteiger partial charge on any atom is 0.258 e. The van der Waals surface area contributed by atoms with Gasteiger partial charge in [0.25, 0.3) is 5.91 Å². The van der Waals surface area contributed by atoms with Crippen LogP contribution in [0.25, 0.3) is 0 Å². The van der Waals surface area contributed by atoms with Gasteiger partial charge >= 0.3 is 0 Å². The number of para-hydroxylation sites is 1. The van der Waals surface area contributed by atoms with Crippen LogP contribution in [0.3, 0.4) is 0 Å². The molecule has 0 saturated carbocycles. The lowest BCUT2D eigenvalue weighted by Crippen LogP contribution is -2.52. The lowest BCUT2D eigenvalue weighted by atomic mass is 9.84. The molecule has 2 aliphatic heterocycles. The Bertz CT molecular complexity index is 908. The second-order valence-electron chi connectivity index (χ2n) is 6.66. The van der Waals surface area contributed by atoms with Gasteiger partial charge in [-0.25, -0.2) is 12.7 Å². The number of aromatic nitrogens is 1. The molecule has 1 aromatic heterocycles. The van der Waals surface area contributed by atoms with Crippen LogP contribution in [0, 0.1) is 5.92 Å². The minimum Gasteiger partial charge on any atom is -0.307 e. The average Bonchev–Trinajstić information content (AvgIpc) is 2.92. The number of sulfonamides is 1. The van der Waals surface area contributed by atoms with Crippen molar-refractivity contribution < 1.29 is 13.2 Å². The highest BCUT2D eigenvalue weighted by atomic mass is 32.2. The Morgan fingerprint density at radius 2 is 1.76 bits per heavy atom. The monoisotopic (exact) mass is 357 g/mol. The SMILES string of the molecule is CS(=O)(=O)N1CC([C@H]2CN(C(=O)c3ccncc3)c3ccccc32)C1. The van der Waals surface area contributed by atoms with Crippen molar-refractivity contribution in [2.75, 3.05) is 30.8 Å². The number of rotatable bonds is 3. The third kappa shape index (κ3) is 2.83. The van der Waals surface area contributed by atoms with Crippen LogP contribution in [0.1, 0.15) is 21.8 Å². The first-order valence-electron chi connectivity index (χ1n) is 8.21. The van der Waals surface area contributed by atoms with Crippen molar-refractivity contribution in [3.05, 3.63) is 59.9 Å². The van der Waals surface area contributed by atoms with E-state index >= 15 is 0 Å². The maximum absolute atomic E-state index is 12.9. The van der Waals surface area contributed by atoms with Gasteiger partial charge in [-0.1, -0.05) is 18.2 Å². The molecule has 0 unspecified atom stereocenters. The number of carbonyl (C=O) groups is 1. The van der Waals surface area contributed by atoms with Gasteiger partial charge in [0.05, 0.1) is 6.26 Å². The fourth-order valence-corrected chi connectivity index (χ4v) is 4.61. The number of fused-ring (bicyclic) bond motifs is 1. The molecule has 1 aromatic carbocycles. The van der Waals surface area contributed by atoms with Crippen LogP contribution >= 0.6 is 0 Å². The lowest BCUT2D eigenvalue weighted by molar-refractivity contribution is 0.0982. The summed E-state index contributed by atoms with van der Waals surface area (Å²) in [6.07, 6.45) is 4.47. The van der Waals surface area contributed by atoms with E-state index in [-0.39, 0.29) is 17.7 Å². The Labute approximate surface area is 147 Å². The van der Waals surface area contributed by atoms with Gasteiger partial charge in [0, 0.05) is 49.2 Å². The molecule has 0 aliphatic carbocycles. The summed E-state index contributed by atoms with van der Waals surface area (Å²) in [5, 5.41) is 0. The van der Waals surface area contributed by atoms with Crippen LogP contribution in [0.15, 0.2) is 48.8 Å². The van der Waals surface area contributed by atoms with Crippen molar-refractivity contribution in [2.45, 2.75) is 5.92 Å². The highest BCUT2D eigenvalue weighted by molar-refractivity contribution is 7.88. The van der Waals surface area contributed by atoms with Gasteiger partial charge in [-0.05, 0) is 29.7 Å². The molecule has 2 aromatic rings. The number of carbonyl (C=O) groups excluding carboxylic acids is 1. The maximum atomic E-state index is 12.9. The predicted octanol–water partition coefficient (Wildman–Crippen LogP) is 1.72. The van der Waals surface area contributed by atoms with Gasteiger partial charge in [0.2, 0.25) is 10.0 Å². The molecule has 4 rings (SSSR count). The zero-order chi connectivity index (χ0) is 17.6. The van der Waals surface area contributed by atoms with Gasteiger partial charge < -0.3 is 4.90 Å². The van der Waals surface area contributed by atoms with Gasteiger partial charge in [-0.3, -0.25) is 9.78 Å². The first-order valence-corrected chi connectivity index (χ1v) is 10.1. The third-order valence-corrected chi connectivity index (χ3v) is 6.33. The molecule has 1 amide bonds. The highest BCUT2D eigenvalue weighted by Crippen LogP contribution is 2.44. The fraction of sp³-hybridized carbons (Fsp3) is 0.333. The van der Waals surface area contributed by atoms with Crippen molar-refractivity contribution in [3.8, 4) is 0 Å². The smallest absolute Gasteiger partial charge is 0.258 e. The van der Waals surface area contributed by atoms with E-state index in [1.807, 2.05) is 24.3 Å². The van der Waals surface area contributed by atoms with E-state index in [0.717, 1.165) is 11.3 Å². The minimum absolute atomic E-state index is 0.0448. The third-order valence-electron chi connectivity index (χ3n) is 5.09. The summed E-state index contributed by atoms with van der Waals surface area (Å²) in [5.74, 6) is 0.364. The number of nitrogens with zero attached hydrogens (tertiary/aromatic N) is 3. The van der Waals surface area contributed by atoms with Gasteiger partial charge in [0.1, 0.15) is 0 Å². The number of amides is 1. The molecule has 1 fully saturated rings. The summed E-state index contributed by atoms with van der Waals surface area (Å²) in [4.78, 5) is 18.7. The first kappa shape index (κ1) is 16.2. The average molecular weight is 357 g/mol. The molecular weight excluding hydrogens is 338 g/mol. The molecule has 1 saturated heterocycles. The predicted molar refractivity (Wildman–Crippen MR) is 95.0 cm³/mol. The van der Waals surface area contributed by atoms with Crippen LogP contribution in [0.5, 0.6) is 0 Å². The van der Waals surface area contributed by atoms with Crippen molar-refractivity contribution in [3.63, 3.8) is 0 Å². The molecule has 1 atom stereocenters. The molecule has 0 radical (unpaired) electrons. The molecule has 2 aliphatic rings. The number of benzene rings is 1. The number of anilines is 1. The van der Waals surface area contributed by atoms with Crippen LogP contribution in [-0.2, 0) is 10.0 Å². The largest absolute Gasteiger partial charge is 0.307 e. The Balaban J connectivity index is 1.60. The Kier molecular flexibility index (Phi) is 3.85. The van der Waals surface area contributed by atoms with E-state index in [4.69, 9.17) is 0 Å². The van der Waals surface area contributed by atoms with Crippen molar-refractivity contribution >= 4 is 21.6 Å². The van der Waals surface area contributed by atoms with Crippen molar-refractivity contribution in [1.82, 2.24) is 9.29 Å². The van der Waals surface area contributed by atoms with Gasteiger partial charge in [-0.2, -0.15) is 0 Å². The standard InChI is InChI=1S/C18H19N3O3S/c1-25(23,24)20-10-14(11-20)16-12-21(17-5-3-2-4-15(16)17)18(22)13-6-8-19-9-7-13/h2-9,14,16H,10-12H2,1H3/t16-/m1/s1. The van der Waals surface area contributed by atoms with E-state index in [1.54, 1.807) is 29.4 Å². The topological polar surface area (TPSA) is 70.6 Å². The molecular formula is C18H19N3O3S. The zero-order valence-corrected chi connectivity index (χ0v) is 14.7. The minimum atomic E-state index is -3.13. The summed E-state index contributed by atoms with van der Waals surface area (Å²) in [7, 11) is -3.13. The Morgan fingerprint density at radius 1 is 1.08 bits per heavy atom. The molecule has 25 heavy (non-hydrogen) atoms. The second-order valence-corrected chi connectivity index (χ2v) is 8.64. The zero-order valence-electron chi connectivity index (χ0n) is 13.9. The van der Waals surface area contributed by atoms with E-state index < -0.39 is 10.0 Å². The Morgan fingerprint density at radius 3 is 2.44 bits per heavy atom. The first-order chi connectivity index (χ1) is 11.9. The molecule has 0 bridgehead atoms. The molecule has 130 valence electrons. The van der Waals surface area contributed by atoms with Gasteiger partial charge in [-0.15, -0.1) is 0 Å². The summed E-state index contributed by atoms with van der Waals surface area (Å²) < 4.78 is 24.8. The van der Waals surface area contributed by atoms with E-state index in [2.05, 4.69) is 4.98 Å². The number of pyridine rings is 1. The van der Waals surface area contributed by atoms with Gasteiger partial charge in [0.15, 0.2) is 0 Å². The lowest BCUT2D eigenvalue weighted by Gasteiger charge is -2.40. The van der Waals surface area contributed by atoms with E-state index in [0.29, 0.717) is 25.2 Å². The fourth-order valence-electron chi connectivity index (χ4n) is 3.68. The summed E-state index contributed by atoms with van der Waals surface area (Å²) in [6, 6.07) is 11.3. The van der Waals surface area contributed by atoms with Crippen LogP contribution in [-0.4, -0.2) is 49.5 Å². The normalized spacial score (nSPS) is 21.0. The summed E-state index contributed by atoms with van der Waals surface area (Å²) >= 11 is 0. The highest BCUT2D eigenvalue weighted by Gasteiger charge is 2.44. The van der Waals surface area contributed by atoms with Crippen LogP contribution in [0.4, 0.5) is 5.69 Å². The second kappa shape index (κ2) is 5.93. The van der Waals surface area contributed by atoms with Crippen LogP contribution < -0.4 is 4.90 Å².